The number of ether oxygens (including phenoxy) is 1. The highest BCUT2D eigenvalue weighted by Gasteiger charge is 2.44. The molecule has 0 spiro atoms. The van der Waals surface area contributed by atoms with Crippen molar-refractivity contribution in [2.45, 2.75) is 37.7 Å². The molecule has 1 aliphatic rings. The van der Waals surface area contributed by atoms with Crippen LogP contribution in [0, 0.1) is 0 Å². The Morgan fingerprint density at radius 3 is 2.69 bits per heavy atom. The van der Waals surface area contributed by atoms with Crippen molar-refractivity contribution in [3.8, 4) is 0 Å². The average Bonchev–Trinajstić information content (AvgIpc) is 3.09. The van der Waals surface area contributed by atoms with Gasteiger partial charge in [-0.25, -0.2) is 9.55 Å². The first-order valence-corrected chi connectivity index (χ1v) is 7.97. The van der Waals surface area contributed by atoms with Crippen molar-refractivity contribution in [2.75, 3.05) is 26.4 Å². The van der Waals surface area contributed by atoms with E-state index in [4.69, 9.17) is 15.3 Å². The van der Waals surface area contributed by atoms with Crippen LogP contribution in [-0.4, -0.2) is 78.5 Å². The van der Waals surface area contributed by atoms with E-state index in [1.54, 1.807) is 21.0 Å². The summed E-state index contributed by atoms with van der Waals surface area (Å²) in [5, 5.41) is 30.7. The molecule has 0 bridgehead atoms. The second-order valence-corrected chi connectivity index (χ2v) is 6.22. The highest BCUT2D eigenvalue weighted by molar-refractivity contribution is 5.71. The van der Waals surface area contributed by atoms with Crippen LogP contribution in [0.3, 0.4) is 0 Å². The molecule has 1 fully saturated rings. The summed E-state index contributed by atoms with van der Waals surface area (Å²) in [4.78, 5) is 26.4. The van der Waals surface area contributed by atoms with Crippen LogP contribution in [0.25, 0.3) is 11.2 Å². The normalized spacial score (nSPS) is 27.5. The Kier molecular flexibility index (Phi) is 4.96. The molecule has 12 nitrogen and oxygen atoms in total. The molecular formula is C14H22N6O6. The van der Waals surface area contributed by atoms with E-state index in [9.17, 15) is 20.1 Å². The lowest BCUT2D eigenvalue weighted by Crippen LogP contribution is -2.33. The number of hydrogen-bond donors (Lipinski definition) is 4. The first-order valence-electron chi connectivity index (χ1n) is 7.97. The zero-order valence-corrected chi connectivity index (χ0v) is 14.6. The summed E-state index contributed by atoms with van der Waals surface area (Å²) in [5.74, 6) is -0.106. The maximum absolute atomic E-state index is 12.7. The maximum Gasteiger partial charge on any atom is 0.285 e. The van der Waals surface area contributed by atoms with Gasteiger partial charge in [0, 0.05) is 14.1 Å². The van der Waals surface area contributed by atoms with Crippen molar-refractivity contribution in [3.05, 3.63) is 16.7 Å². The molecule has 1 aliphatic heterocycles. The summed E-state index contributed by atoms with van der Waals surface area (Å²) in [6.45, 7) is 1.16. The zero-order valence-electron chi connectivity index (χ0n) is 14.6. The van der Waals surface area contributed by atoms with Gasteiger partial charge in [0.15, 0.2) is 23.6 Å². The molecule has 0 amide bonds. The molecule has 0 radical (unpaired) electrons. The second kappa shape index (κ2) is 6.90. The molecule has 0 aliphatic carbocycles. The van der Waals surface area contributed by atoms with E-state index < -0.39 is 42.9 Å². The van der Waals surface area contributed by atoms with E-state index in [0.717, 1.165) is 4.57 Å². The summed E-state index contributed by atoms with van der Waals surface area (Å²) in [7, 11) is 3.33. The lowest BCUT2D eigenvalue weighted by Gasteiger charge is -2.21. The molecule has 144 valence electrons. The van der Waals surface area contributed by atoms with Gasteiger partial charge in [-0.15, -0.1) is 0 Å². The minimum absolute atomic E-state index is 0.00569. The minimum atomic E-state index is -1.33. The number of aliphatic hydroxyl groups is 3. The van der Waals surface area contributed by atoms with Crippen molar-refractivity contribution < 1.29 is 24.9 Å². The molecule has 1 unspecified atom stereocenters. The number of aromatic nitrogens is 4. The molecule has 3 heterocycles. The third-order valence-corrected chi connectivity index (χ3v) is 4.17. The summed E-state index contributed by atoms with van der Waals surface area (Å²) in [6.07, 6.45) is -4.09. The number of nitrogens with two attached hydrogens (primary N) is 1. The van der Waals surface area contributed by atoms with Crippen LogP contribution in [0.5, 0.6) is 0 Å². The van der Waals surface area contributed by atoms with Crippen molar-refractivity contribution in [1.29, 1.82) is 0 Å². The van der Waals surface area contributed by atoms with Crippen molar-refractivity contribution >= 4 is 17.1 Å². The van der Waals surface area contributed by atoms with Crippen LogP contribution in [0.1, 0.15) is 19.4 Å². The molecule has 2 aromatic heterocycles. The van der Waals surface area contributed by atoms with Gasteiger partial charge >= 0.3 is 0 Å². The number of hydroxylamine groups is 2. The average molecular weight is 370 g/mol. The molecule has 12 heteroatoms. The summed E-state index contributed by atoms with van der Waals surface area (Å²) in [6, 6.07) is 0. The lowest BCUT2D eigenvalue weighted by molar-refractivity contribution is -0.186. The van der Waals surface area contributed by atoms with Crippen LogP contribution in [0.15, 0.2) is 11.1 Å². The Hall–Kier alpha value is -2.09. The Labute approximate surface area is 148 Å². The topological polar surface area (TPSA) is 161 Å². The van der Waals surface area contributed by atoms with Gasteiger partial charge in [-0.2, -0.15) is 10.0 Å². The van der Waals surface area contributed by atoms with Gasteiger partial charge in [0.05, 0.1) is 12.9 Å². The summed E-state index contributed by atoms with van der Waals surface area (Å²) < 4.78 is 7.90. The molecule has 5 atom stereocenters. The van der Waals surface area contributed by atoms with Gasteiger partial charge in [-0.05, 0) is 6.92 Å². The van der Waals surface area contributed by atoms with E-state index in [-0.39, 0.29) is 17.1 Å². The predicted octanol–water partition coefficient (Wildman–Crippen LogP) is -2.20. The number of imidazole rings is 1. The van der Waals surface area contributed by atoms with Gasteiger partial charge in [-0.1, -0.05) is 0 Å². The van der Waals surface area contributed by atoms with Crippen LogP contribution in [-0.2, 0) is 9.57 Å². The number of fused-ring (bicyclic) bond motifs is 1. The molecule has 0 aromatic carbocycles. The fourth-order valence-corrected chi connectivity index (χ4v) is 3.00. The number of rotatable bonds is 5. The first kappa shape index (κ1) is 18.7. The Morgan fingerprint density at radius 1 is 1.42 bits per heavy atom. The van der Waals surface area contributed by atoms with Gasteiger partial charge in [0.1, 0.15) is 18.3 Å². The van der Waals surface area contributed by atoms with E-state index >= 15 is 0 Å². The Bertz CT molecular complexity index is 850. The molecule has 5 N–H and O–H groups in total. The van der Waals surface area contributed by atoms with Crippen LogP contribution in [0.4, 0.5) is 5.95 Å². The van der Waals surface area contributed by atoms with E-state index in [0.29, 0.717) is 0 Å². The van der Waals surface area contributed by atoms with E-state index in [2.05, 4.69) is 9.97 Å². The van der Waals surface area contributed by atoms with Crippen molar-refractivity contribution in [3.63, 3.8) is 0 Å². The standard InChI is InChI=1S/C14H22N6O6/c1-6(26-18(2)3)20-12(24)8-11(17-14(20)15)19(5-16-8)13-10(23)9(22)7(4-21)25-13/h5-7,9-10,13,21-23H,4H2,1-3H3,(H2,15,17)/t6?,7-,9-,10-,13-/m1/s1. The van der Waals surface area contributed by atoms with Crippen LogP contribution < -0.4 is 11.3 Å². The lowest BCUT2D eigenvalue weighted by atomic mass is 10.1. The van der Waals surface area contributed by atoms with Gasteiger partial charge < -0.3 is 25.8 Å². The van der Waals surface area contributed by atoms with Crippen LogP contribution >= 0.6 is 0 Å². The fourth-order valence-electron chi connectivity index (χ4n) is 3.00. The number of anilines is 1. The highest BCUT2D eigenvalue weighted by atomic mass is 16.7. The summed E-state index contributed by atoms with van der Waals surface area (Å²) >= 11 is 0. The number of nitrogen functional groups attached to an aromatic ring is 1. The molecule has 3 rings (SSSR count). The van der Waals surface area contributed by atoms with Crippen molar-refractivity contribution in [1.82, 2.24) is 24.2 Å². The largest absolute Gasteiger partial charge is 0.394 e. The highest BCUT2D eigenvalue weighted by Crippen LogP contribution is 2.31. The smallest absolute Gasteiger partial charge is 0.285 e. The van der Waals surface area contributed by atoms with Gasteiger partial charge in [0.2, 0.25) is 5.95 Å². The number of hydrogen-bond acceptors (Lipinski definition) is 10. The van der Waals surface area contributed by atoms with E-state index in [1.807, 2.05) is 0 Å². The predicted molar refractivity (Wildman–Crippen MR) is 88.7 cm³/mol. The quantitative estimate of drug-likeness (QED) is 0.425. The van der Waals surface area contributed by atoms with Crippen molar-refractivity contribution in [2.24, 2.45) is 0 Å². The minimum Gasteiger partial charge on any atom is -0.394 e. The second-order valence-electron chi connectivity index (χ2n) is 6.22. The van der Waals surface area contributed by atoms with Gasteiger partial charge in [0.25, 0.3) is 5.56 Å². The Balaban J connectivity index is 2.05. The molecular weight excluding hydrogens is 348 g/mol. The molecule has 1 saturated heterocycles. The third kappa shape index (κ3) is 2.96. The number of nitrogens with zero attached hydrogens (tertiary/aromatic N) is 5. The molecule has 2 aromatic rings. The zero-order chi connectivity index (χ0) is 19.2. The number of aliphatic hydroxyl groups excluding tert-OH is 3. The molecule has 26 heavy (non-hydrogen) atoms. The molecule has 0 saturated carbocycles. The van der Waals surface area contributed by atoms with Crippen LogP contribution in [0.2, 0.25) is 0 Å². The monoisotopic (exact) mass is 370 g/mol. The Morgan fingerprint density at radius 2 is 2.12 bits per heavy atom. The fraction of sp³-hybridized carbons (Fsp3) is 0.643. The maximum atomic E-state index is 12.7. The van der Waals surface area contributed by atoms with Gasteiger partial charge in [-0.3, -0.25) is 14.2 Å². The first-order chi connectivity index (χ1) is 12.3. The van der Waals surface area contributed by atoms with E-state index in [1.165, 1.54) is 16.0 Å². The third-order valence-electron chi connectivity index (χ3n) is 4.17. The summed E-state index contributed by atoms with van der Waals surface area (Å²) in [5.41, 5.74) is 5.50. The SMILES string of the molecule is CC(ON(C)C)n1c(N)nc2c(ncn2[C@@H]2O[C@H](CO)[C@@H](O)[C@H]2O)c1=O.